The van der Waals surface area contributed by atoms with Crippen molar-refractivity contribution in [3.8, 4) is 46.0 Å². The summed E-state index contributed by atoms with van der Waals surface area (Å²) in [5.74, 6) is 6.67. The third-order valence-corrected chi connectivity index (χ3v) is 13.1. The fourth-order valence-electron chi connectivity index (χ4n) is 10.4. The van der Waals surface area contributed by atoms with Crippen LogP contribution in [0, 0.1) is 0 Å². The zero-order chi connectivity index (χ0) is 39.0. The molecule has 0 fully saturated rings. The second kappa shape index (κ2) is 10.7. The van der Waals surface area contributed by atoms with Gasteiger partial charge in [0.2, 0.25) is 0 Å². The molecule has 0 N–H and O–H groups in total. The Morgan fingerprint density at radius 3 is 1.05 bits per heavy atom. The first kappa shape index (κ1) is 32.5. The van der Waals surface area contributed by atoms with Crippen LogP contribution >= 0.6 is 0 Å². The number of rotatable bonds is 2. The maximum Gasteiger partial charge on any atom is 0.266 e. The Morgan fingerprint density at radius 2 is 0.690 bits per heavy atom. The predicted octanol–water partition coefficient (Wildman–Crippen LogP) is 9.30. The standard InChI is InChI=1S/C50H38B2N2O4/c1-49(2,3)27-19-23-29(24-20-27)53-31-11-7-13-33-39(31)51-41-35(55-33)15-10-18-38(41)58-48-43(51)45(53)47-44-46(48)54(30-25-21-28(22-26-30)50(4,5)6)32-12-8-14-34-40(32)52(44)42-36(56-34)16-9-17-37(42)57-47/h7-26H,1-6H3. The Morgan fingerprint density at radius 1 is 0.362 bits per heavy atom. The molecule has 6 nitrogen and oxygen atoms in total. The van der Waals surface area contributed by atoms with Gasteiger partial charge in [-0.2, -0.15) is 0 Å². The van der Waals surface area contributed by atoms with E-state index >= 15 is 0 Å². The fraction of sp³-hybridized carbons (Fsp3) is 0.160. The summed E-state index contributed by atoms with van der Waals surface area (Å²) in [5, 5.41) is 0. The van der Waals surface area contributed by atoms with Crippen LogP contribution in [0.5, 0.6) is 46.0 Å². The second-order valence-electron chi connectivity index (χ2n) is 18.4. The van der Waals surface area contributed by atoms with Crippen molar-refractivity contribution in [1.29, 1.82) is 0 Å². The van der Waals surface area contributed by atoms with Gasteiger partial charge in [0.1, 0.15) is 46.0 Å². The first-order valence-electron chi connectivity index (χ1n) is 20.3. The van der Waals surface area contributed by atoms with Crippen molar-refractivity contribution in [3.63, 3.8) is 0 Å². The Bertz CT molecular complexity index is 2800. The lowest BCUT2D eigenvalue weighted by molar-refractivity contribution is 0.457. The van der Waals surface area contributed by atoms with Crippen molar-refractivity contribution in [2.24, 2.45) is 0 Å². The normalized spacial score (nSPS) is 15.1. The fourth-order valence-corrected chi connectivity index (χ4v) is 10.4. The summed E-state index contributed by atoms with van der Waals surface area (Å²) in [6, 6.07) is 43.4. The van der Waals surface area contributed by atoms with Gasteiger partial charge in [-0.15, -0.1) is 0 Å². The molecule has 0 aromatic heterocycles. The van der Waals surface area contributed by atoms with Crippen molar-refractivity contribution in [2.45, 2.75) is 52.4 Å². The van der Waals surface area contributed by atoms with Crippen LogP contribution in [0.2, 0.25) is 0 Å². The minimum absolute atomic E-state index is 0.00340. The summed E-state index contributed by atoms with van der Waals surface area (Å²) < 4.78 is 28.4. The number of hydrogen-bond acceptors (Lipinski definition) is 6. The van der Waals surface area contributed by atoms with Crippen LogP contribution in [-0.2, 0) is 10.8 Å². The molecule has 7 aromatic rings. The lowest BCUT2D eigenvalue weighted by atomic mass is 9.30. The van der Waals surface area contributed by atoms with Crippen molar-refractivity contribution in [2.75, 3.05) is 9.80 Å². The number of anilines is 6. The van der Waals surface area contributed by atoms with E-state index in [9.17, 15) is 0 Å². The smallest absolute Gasteiger partial charge is 0.266 e. The number of benzene rings is 7. The first-order chi connectivity index (χ1) is 28.0. The summed E-state index contributed by atoms with van der Waals surface area (Å²) in [7, 11) is 0. The highest BCUT2D eigenvalue weighted by Gasteiger charge is 2.56. The third-order valence-electron chi connectivity index (χ3n) is 13.1. The van der Waals surface area contributed by atoms with Gasteiger partial charge in [0.15, 0.2) is 0 Å². The van der Waals surface area contributed by atoms with Gasteiger partial charge in [0, 0.05) is 44.6 Å². The quantitative estimate of drug-likeness (QED) is 0.164. The Kier molecular flexibility index (Phi) is 6.00. The van der Waals surface area contributed by atoms with Gasteiger partial charge in [-0.3, -0.25) is 0 Å². The molecule has 6 aliphatic rings. The van der Waals surface area contributed by atoms with E-state index < -0.39 is 0 Å². The zero-order valence-corrected chi connectivity index (χ0v) is 33.2. The van der Waals surface area contributed by atoms with E-state index in [4.69, 9.17) is 18.9 Å². The van der Waals surface area contributed by atoms with Gasteiger partial charge in [-0.05, 0) is 106 Å². The summed E-state index contributed by atoms with van der Waals surface area (Å²) in [6.45, 7) is 13.3. The third kappa shape index (κ3) is 4.05. The maximum atomic E-state index is 7.41. The van der Waals surface area contributed by atoms with Gasteiger partial charge in [-0.1, -0.05) is 90.1 Å². The lowest BCUT2D eigenvalue weighted by Gasteiger charge is -2.49. The van der Waals surface area contributed by atoms with Crippen LogP contribution in [0.15, 0.2) is 121 Å². The molecule has 13 rings (SSSR count). The van der Waals surface area contributed by atoms with Crippen LogP contribution in [0.25, 0.3) is 0 Å². The molecule has 0 spiro atoms. The minimum atomic E-state index is -0.152. The first-order valence-corrected chi connectivity index (χ1v) is 20.3. The highest BCUT2D eigenvalue weighted by Crippen LogP contribution is 2.56. The molecule has 0 aliphatic carbocycles. The van der Waals surface area contributed by atoms with Gasteiger partial charge in [-0.25, -0.2) is 0 Å². The van der Waals surface area contributed by atoms with Gasteiger partial charge < -0.3 is 28.7 Å². The topological polar surface area (TPSA) is 43.4 Å². The molecule has 8 heteroatoms. The van der Waals surface area contributed by atoms with E-state index in [2.05, 4.69) is 161 Å². The number of ether oxygens (including phenoxy) is 4. The van der Waals surface area contributed by atoms with Crippen molar-refractivity contribution in [3.05, 3.63) is 132 Å². The molecule has 7 aromatic carbocycles. The van der Waals surface area contributed by atoms with Crippen molar-refractivity contribution >= 4 is 80.3 Å². The molecule has 0 saturated carbocycles. The molecule has 6 heterocycles. The van der Waals surface area contributed by atoms with Crippen LogP contribution in [0.4, 0.5) is 34.1 Å². The largest absolute Gasteiger partial charge is 0.458 e. The molecular weight excluding hydrogens is 714 g/mol. The predicted molar refractivity (Wildman–Crippen MR) is 236 cm³/mol. The molecule has 0 atom stereocenters. The van der Waals surface area contributed by atoms with E-state index in [-0.39, 0.29) is 24.3 Å². The summed E-state index contributed by atoms with van der Waals surface area (Å²) in [4.78, 5) is 4.81. The molecule has 6 aliphatic heterocycles. The second-order valence-corrected chi connectivity index (χ2v) is 18.4. The van der Waals surface area contributed by atoms with Gasteiger partial charge >= 0.3 is 0 Å². The monoisotopic (exact) mass is 752 g/mol. The Balaban J connectivity index is 1.19. The van der Waals surface area contributed by atoms with Crippen LogP contribution in [0.1, 0.15) is 52.7 Å². The minimum Gasteiger partial charge on any atom is -0.458 e. The van der Waals surface area contributed by atoms with Crippen LogP contribution < -0.4 is 61.5 Å². The Labute approximate surface area is 338 Å². The van der Waals surface area contributed by atoms with E-state index in [1.165, 1.54) is 11.1 Å². The highest BCUT2D eigenvalue weighted by molar-refractivity contribution is 7.03. The number of fused-ring (bicyclic) bond motifs is 2. The molecule has 0 radical (unpaired) electrons. The lowest BCUT2D eigenvalue weighted by Crippen LogP contribution is -2.65. The average molecular weight is 752 g/mol. The van der Waals surface area contributed by atoms with Gasteiger partial charge in [0.25, 0.3) is 13.4 Å². The highest BCUT2D eigenvalue weighted by atomic mass is 16.5. The summed E-state index contributed by atoms with van der Waals surface area (Å²) >= 11 is 0. The average Bonchev–Trinajstić information content (AvgIpc) is 3.21. The molecule has 0 bridgehead atoms. The van der Waals surface area contributed by atoms with Crippen molar-refractivity contribution in [1.82, 2.24) is 0 Å². The maximum absolute atomic E-state index is 7.41. The molecular formula is C50H38B2N2O4. The zero-order valence-electron chi connectivity index (χ0n) is 33.2. The van der Waals surface area contributed by atoms with E-state index in [1.54, 1.807) is 0 Å². The summed E-state index contributed by atoms with van der Waals surface area (Å²) in [6.07, 6.45) is 0. The number of hydrogen-bond donors (Lipinski definition) is 0. The molecule has 0 unspecified atom stereocenters. The Hall–Kier alpha value is -6.53. The van der Waals surface area contributed by atoms with E-state index in [1.807, 2.05) is 12.1 Å². The summed E-state index contributed by atoms with van der Waals surface area (Å²) in [5.41, 5.74) is 15.3. The molecule has 0 amide bonds. The molecule has 278 valence electrons. The van der Waals surface area contributed by atoms with E-state index in [0.29, 0.717) is 0 Å². The SMILES string of the molecule is CC(C)(C)c1ccc(N2c3cccc4c3B3c5c(cccc5Oc5c3c2c2c3c5N(c5ccc(C(C)(C)C)cc5)c5cccc6c5B3c3c(cccc3O2)O6)O4)cc1. The van der Waals surface area contributed by atoms with Gasteiger partial charge in [0.05, 0.1) is 11.4 Å². The molecule has 58 heavy (non-hydrogen) atoms. The number of nitrogens with zero attached hydrogens (tertiary/aromatic N) is 2. The van der Waals surface area contributed by atoms with Crippen LogP contribution in [-0.4, -0.2) is 13.4 Å². The van der Waals surface area contributed by atoms with E-state index in [0.717, 1.165) is 113 Å². The van der Waals surface area contributed by atoms with Crippen LogP contribution in [0.3, 0.4) is 0 Å². The molecule has 0 saturated heterocycles. The van der Waals surface area contributed by atoms with Crippen molar-refractivity contribution < 1.29 is 18.9 Å².